The predicted octanol–water partition coefficient (Wildman–Crippen LogP) is 3.55. The zero-order valence-corrected chi connectivity index (χ0v) is 14.4. The fraction of sp³-hybridized carbons (Fsp3) is 0.0500. The molecule has 0 radical (unpaired) electrons. The van der Waals surface area contributed by atoms with E-state index < -0.39 is 5.91 Å². The van der Waals surface area contributed by atoms with Crippen LogP contribution < -0.4 is 10.6 Å². The lowest BCUT2D eigenvalue weighted by Crippen LogP contribution is -2.14. The van der Waals surface area contributed by atoms with Crippen LogP contribution in [0, 0.1) is 11.3 Å². The van der Waals surface area contributed by atoms with Gasteiger partial charge < -0.3 is 10.6 Å². The van der Waals surface area contributed by atoms with Gasteiger partial charge in [-0.1, -0.05) is 12.1 Å². The standard InChI is InChI=1S/C20H15N5O2/c1-13(26)14-6-8-17(9-7-14)24-20-22-11-16(12-23-20)19(27)25-18-5-3-2-4-15(18)10-21/h2-9,11-12H,1H3,(H,25,27)(H,22,23,24). The van der Waals surface area contributed by atoms with Crippen LogP contribution in [-0.4, -0.2) is 21.7 Å². The number of aromatic nitrogens is 2. The van der Waals surface area contributed by atoms with Crippen LogP contribution in [0.1, 0.15) is 33.2 Å². The second-order valence-electron chi connectivity index (χ2n) is 5.67. The fourth-order valence-corrected chi connectivity index (χ4v) is 2.31. The third-order valence-corrected chi connectivity index (χ3v) is 3.76. The molecule has 0 spiro atoms. The molecule has 2 aromatic carbocycles. The van der Waals surface area contributed by atoms with Gasteiger partial charge in [-0.2, -0.15) is 5.26 Å². The quantitative estimate of drug-likeness (QED) is 0.676. The van der Waals surface area contributed by atoms with Gasteiger partial charge in [-0.05, 0) is 43.3 Å². The average Bonchev–Trinajstić information content (AvgIpc) is 2.69. The van der Waals surface area contributed by atoms with E-state index in [-0.39, 0.29) is 11.3 Å². The van der Waals surface area contributed by atoms with Gasteiger partial charge >= 0.3 is 0 Å². The van der Waals surface area contributed by atoms with Gasteiger partial charge in [0, 0.05) is 23.6 Å². The molecule has 0 aliphatic carbocycles. The molecule has 132 valence electrons. The summed E-state index contributed by atoms with van der Waals surface area (Å²) >= 11 is 0. The van der Waals surface area contributed by atoms with Gasteiger partial charge in [0.05, 0.1) is 16.8 Å². The molecule has 0 unspecified atom stereocenters. The monoisotopic (exact) mass is 357 g/mol. The van der Waals surface area contributed by atoms with Gasteiger partial charge in [-0.3, -0.25) is 9.59 Å². The Kier molecular flexibility index (Phi) is 5.19. The van der Waals surface area contributed by atoms with Gasteiger partial charge in [0.1, 0.15) is 6.07 Å². The minimum Gasteiger partial charge on any atom is -0.324 e. The molecule has 7 nitrogen and oxygen atoms in total. The van der Waals surface area contributed by atoms with Crippen molar-refractivity contribution in [3.63, 3.8) is 0 Å². The summed E-state index contributed by atoms with van der Waals surface area (Å²) < 4.78 is 0. The minimum absolute atomic E-state index is 0.00821. The lowest BCUT2D eigenvalue weighted by Gasteiger charge is -2.08. The number of amides is 1. The van der Waals surface area contributed by atoms with E-state index in [1.54, 1.807) is 48.5 Å². The van der Waals surface area contributed by atoms with E-state index in [2.05, 4.69) is 20.6 Å². The Bertz CT molecular complexity index is 1020. The number of ketones is 1. The third-order valence-electron chi connectivity index (χ3n) is 3.76. The van der Waals surface area contributed by atoms with Crippen molar-refractivity contribution >= 4 is 29.0 Å². The summed E-state index contributed by atoms with van der Waals surface area (Å²) in [6, 6.07) is 15.7. The lowest BCUT2D eigenvalue weighted by atomic mass is 10.1. The maximum absolute atomic E-state index is 12.3. The molecule has 0 saturated heterocycles. The van der Waals surface area contributed by atoms with Crippen molar-refractivity contribution in [2.45, 2.75) is 6.92 Å². The Morgan fingerprint density at radius 2 is 1.63 bits per heavy atom. The summed E-state index contributed by atoms with van der Waals surface area (Å²) in [5.74, 6) is -0.0965. The lowest BCUT2D eigenvalue weighted by molar-refractivity contribution is 0.101. The van der Waals surface area contributed by atoms with E-state index in [0.717, 1.165) is 5.69 Å². The maximum Gasteiger partial charge on any atom is 0.258 e. The number of Topliss-reactive ketones (excluding diaryl/α,β-unsaturated/α-hetero) is 1. The van der Waals surface area contributed by atoms with Gasteiger partial charge in [-0.15, -0.1) is 0 Å². The Labute approximate surface area is 155 Å². The molecule has 27 heavy (non-hydrogen) atoms. The van der Waals surface area contributed by atoms with Gasteiger partial charge in [0.15, 0.2) is 5.78 Å². The van der Waals surface area contributed by atoms with Gasteiger partial charge in [0.25, 0.3) is 5.91 Å². The van der Waals surface area contributed by atoms with E-state index in [0.29, 0.717) is 22.8 Å². The van der Waals surface area contributed by atoms with Crippen molar-refractivity contribution in [3.8, 4) is 6.07 Å². The number of rotatable bonds is 5. The summed E-state index contributed by atoms with van der Waals surface area (Å²) in [6.45, 7) is 1.50. The Hall–Kier alpha value is -4.05. The first-order chi connectivity index (χ1) is 13.1. The summed E-state index contributed by atoms with van der Waals surface area (Å²) in [7, 11) is 0. The molecule has 2 N–H and O–H groups in total. The molecule has 0 saturated carbocycles. The number of anilines is 3. The number of benzene rings is 2. The maximum atomic E-state index is 12.3. The van der Waals surface area contributed by atoms with Crippen LogP contribution >= 0.6 is 0 Å². The number of nitrogens with zero attached hydrogens (tertiary/aromatic N) is 3. The van der Waals surface area contributed by atoms with Crippen LogP contribution in [0.15, 0.2) is 60.9 Å². The topological polar surface area (TPSA) is 108 Å². The normalized spacial score (nSPS) is 9.93. The first kappa shape index (κ1) is 17.8. The van der Waals surface area contributed by atoms with E-state index in [9.17, 15) is 9.59 Å². The summed E-state index contributed by atoms with van der Waals surface area (Å²) in [5.41, 5.74) is 2.41. The van der Waals surface area contributed by atoms with Crippen LogP contribution in [0.5, 0.6) is 0 Å². The Balaban J connectivity index is 1.68. The highest BCUT2D eigenvalue weighted by atomic mass is 16.1. The highest BCUT2D eigenvalue weighted by Crippen LogP contribution is 2.16. The number of carbonyl (C=O) groups is 2. The van der Waals surface area contributed by atoms with Crippen molar-refractivity contribution < 1.29 is 9.59 Å². The number of nitrogens with one attached hydrogen (secondary N) is 2. The summed E-state index contributed by atoms with van der Waals surface area (Å²) in [5, 5.41) is 14.7. The van der Waals surface area contributed by atoms with E-state index in [1.165, 1.54) is 19.3 Å². The molecule has 0 atom stereocenters. The first-order valence-electron chi connectivity index (χ1n) is 8.07. The van der Waals surface area contributed by atoms with Crippen molar-refractivity contribution in [1.29, 1.82) is 5.26 Å². The SMILES string of the molecule is CC(=O)c1ccc(Nc2ncc(C(=O)Nc3ccccc3C#N)cn2)cc1. The number of hydrogen-bond donors (Lipinski definition) is 2. The average molecular weight is 357 g/mol. The minimum atomic E-state index is -0.407. The van der Waals surface area contributed by atoms with Crippen molar-refractivity contribution in [1.82, 2.24) is 9.97 Å². The number of nitriles is 1. The summed E-state index contributed by atoms with van der Waals surface area (Å²) in [4.78, 5) is 31.8. The number of hydrogen-bond acceptors (Lipinski definition) is 6. The van der Waals surface area contributed by atoms with Crippen molar-refractivity contribution in [3.05, 3.63) is 77.6 Å². The second-order valence-corrected chi connectivity index (χ2v) is 5.67. The van der Waals surface area contributed by atoms with E-state index >= 15 is 0 Å². The molecule has 7 heteroatoms. The Morgan fingerprint density at radius 3 is 2.26 bits per heavy atom. The smallest absolute Gasteiger partial charge is 0.258 e. The molecular weight excluding hydrogens is 342 g/mol. The van der Waals surface area contributed by atoms with Crippen LogP contribution in [0.25, 0.3) is 0 Å². The van der Waals surface area contributed by atoms with E-state index in [1.807, 2.05) is 6.07 Å². The van der Waals surface area contributed by atoms with Crippen LogP contribution in [0.3, 0.4) is 0 Å². The predicted molar refractivity (Wildman–Crippen MR) is 101 cm³/mol. The fourth-order valence-electron chi connectivity index (χ4n) is 2.31. The molecule has 0 fully saturated rings. The van der Waals surface area contributed by atoms with E-state index in [4.69, 9.17) is 5.26 Å². The van der Waals surface area contributed by atoms with Crippen LogP contribution in [0.4, 0.5) is 17.3 Å². The first-order valence-corrected chi connectivity index (χ1v) is 8.07. The molecule has 0 aliphatic heterocycles. The molecular formula is C20H15N5O2. The molecule has 3 rings (SSSR count). The molecule has 1 heterocycles. The van der Waals surface area contributed by atoms with Crippen LogP contribution in [0.2, 0.25) is 0 Å². The van der Waals surface area contributed by atoms with Crippen molar-refractivity contribution in [2.75, 3.05) is 10.6 Å². The number of carbonyl (C=O) groups excluding carboxylic acids is 2. The second kappa shape index (κ2) is 7.89. The molecule has 1 aromatic heterocycles. The molecule has 0 aliphatic rings. The molecule has 0 bridgehead atoms. The molecule has 3 aromatic rings. The molecule has 1 amide bonds. The third kappa shape index (κ3) is 4.32. The highest BCUT2D eigenvalue weighted by Gasteiger charge is 2.10. The number of para-hydroxylation sites is 1. The zero-order valence-electron chi connectivity index (χ0n) is 14.4. The van der Waals surface area contributed by atoms with Gasteiger partial charge in [-0.25, -0.2) is 9.97 Å². The Morgan fingerprint density at radius 1 is 0.963 bits per heavy atom. The van der Waals surface area contributed by atoms with Crippen molar-refractivity contribution in [2.24, 2.45) is 0 Å². The largest absolute Gasteiger partial charge is 0.324 e. The van der Waals surface area contributed by atoms with Crippen LogP contribution in [-0.2, 0) is 0 Å². The van der Waals surface area contributed by atoms with Gasteiger partial charge in [0.2, 0.25) is 5.95 Å². The highest BCUT2D eigenvalue weighted by molar-refractivity contribution is 6.04. The summed E-state index contributed by atoms with van der Waals surface area (Å²) in [6.07, 6.45) is 2.78. The zero-order chi connectivity index (χ0) is 19.2.